The van der Waals surface area contributed by atoms with Gasteiger partial charge in [-0.15, -0.1) is 0 Å². The summed E-state index contributed by atoms with van der Waals surface area (Å²) >= 11 is 0. The van der Waals surface area contributed by atoms with Crippen LogP contribution in [0.25, 0.3) is 0 Å². The minimum atomic E-state index is -0.957. The van der Waals surface area contributed by atoms with Crippen molar-refractivity contribution in [3.8, 4) is 0 Å². The van der Waals surface area contributed by atoms with E-state index in [-0.39, 0.29) is 12.1 Å². The number of hydrogen-bond donors (Lipinski definition) is 2. The lowest BCUT2D eigenvalue weighted by Gasteiger charge is -2.25. The van der Waals surface area contributed by atoms with E-state index >= 15 is 0 Å². The van der Waals surface area contributed by atoms with Gasteiger partial charge in [-0.05, 0) is 36.8 Å². The zero-order chi connectivity index (χ0) is 15.0. The molecule has 1 aliphatic heterocycles. The molecule has 112 valence electrons. The largest absolute Gasteiger partial charge is 0.480 e. The van der Waals surface area contributed by atoms with Crippen LogP contribution in [-0.2, 0) is 11.2 Å². The van der Waals surface area contributed by atoms with Crippen molar-refractivity contribution >= 4 is 17.7 Å². The van der Waals surface area contributed by atoms with Crippen LogP contribution < -0.4 is 10.2 Å². The maximum absolute atomic E-state index is 12.5. The topological polar surface area (TPSA) is 69.6 Å². The monoisotopic (exact) mass is 288 g/mol. The van der Waals surface area contributed by atoms with Crippen LogP contribution in [0.5, 0.6) is 0 Å². The number of urea groups is 1. The van der Waals surface area contributed by atoms with Gasteiger partial charge in [0.15, 0.2) is 0 Å². The Balaban J connectivity index is 1.80. The van der Waals surface area contributed by atoms with Gasteiger partial charge in [0.05, 0.1) is 0 Å². The molecule has 1 aromatic carbocycles. The number of carbonyl (C=O) groups excluding carboxylic acids is 1. The van der Waals surface area contributed by atoms with Crippen LogP contribution in [0.2, 0.25) is 0 Å². The molecule has 3 unspecified atom stereocenters. The first-order valence-electron chi connectivity index (χ1n) is 7.46. The third-order valence-electron chi connectivity index (χ3n) is 4.50. The number of fused-ring (bicyclic) bond motifs is 1. The number of anilines is 1. The van der Waals surface area contributed by atoms with Gasteiger partial charge in [-0.2, -0.15) is 0 Å². The molecule has 1 fully saturated rings. The summed E-state index contributed by atoms with van der Waals surface area (Å²) in [5.41, 5.74) is 1.63. The Morgan fingerprint density at radius 1 is 1.29 bits per heavy atom. The van der Waals surface area contributed by atoms with Gasteiger partial charge in [0.25, 0.3) is 0 Å². The summed E-state index contributed by atoms with van der Waals surface area (Å²) in [5, 5.41) is 12.4. The van der Waals surface area contributed by atoms with Crippen LogP contribution in [0.1, 0.15) is 31.7 Å². The van der Waals surface area contributed by atoms with Gasteiger partial charge in [-0.3, -0.25) is 4.90 Å². The summed E-state index contributed by atoms with van der Waals surface area (Å²) in [6.07, 6.45) is 3.43. The van der Waals surface area contributed by atoms with Gasteiger partial charge in [0.1, 0.15) is 6.04 Å². The number of benzene rings is 1. The van der Waals surface area contributed by atoms with Crippen LogP contribution in [0.15, 0.2) is 24.3 Å². The van der Waals surface area contributed by atoms with Crippen LogP contribution in [0.3, 0.4) is 0 Å². The molecule has 1 aliphatic carbocycles. The van der Waals surface area contributed by atoms with Crippen LogP contribution >= 0.6 is 0 Å². The van der Waals surface area contributed by atoms with Crippen molar-refractivity contribution in [2.24, 2.45) is 5.92 Å². The zero-order valence-corrected chi connectivity index (χ0v) is 12.1. The number of nitrogens with zero attached hydrogens (tertiary/aromatic N) is 1. The Bertz CT molecular complexity index is 572. The van der Waals surface area contributed by atoms with Crippen molar-refractivity contribution in [3.05, 3.63) is 29.8 Å². The lowest BCUT2D eigenvalue weighted by Crippen LogP contribution is -2.50. The summed E-state index contributed by atoms with van der Waals surface area (Å²) in [4.78, 5) is 25.4. The Morgan fingerprint density at radius 2 is 2.05 bits per heavy atom. The highest BCUT2D eigenvalue weighted by molar-refractivity contribution is 6.01. The maximum Gasteiger partial charge on any atom is 0.327 e. The molecule has 3 rings (SSSR count). The number of rotatable bonds is 2. The molecule has 5 nitrogen and oxygen atoms in total. The van der Waals surface area contributed by atoms with E-state index in [0.717, 1.165) is 24.8 Å². The number of carboxylic acid groups (broad SMARTS) is 1. The normalized spacial score (nSPS) is 27.5. The lowest BCUT2D eigenvalue weighted by molar-refractivity contribution is -0.138. The van der Waals surface area contributed by atoms with Crippen molar-refractivity contribution in [2.75, 3.05) is 4.90 Å². The predicted molar refractivity (Wildman–Crippen MR) is 79.4 cm³/mol. The summed E-state index contributed by atoms with van der Waals surface area (Å²) in [6.45, 7) is 2.18. The second-order valence-electron chi connectivity index (χ2n) is 6.12. The fourth-order valence-electron chi connectivity index (χ4n) is 3.42. The van der Waals surface area contributed by atoms with Gasteiger partial charge in [-0.1, -0.05) is 25.1 Å². The first kappa shape index (κ1) is 13.9. The summed E-state index contributed by atoms with van der Waals surface area (Å²) < 4.78 is 0. The number of para-hydroxylation sites is 1. The van der Waals surface area contributed by atoms with Crippen molar-refractivity contribution < 1.29 is 14.7 Å². The first-order valence-corrected chi connectivity index (χ1v) is 7.46. The smallest absolute Gasteiger partial charge is 0.327 e. The molecule has 2 amide bonds. The van der Waals surface area contributed by atoms with E-state index in [1.807, 2.05) is 24.3 Å². The van der Waals surface area contributed by atoms with Crippen LogP contribution in [0, 0.1) is 5.92 Å². The van der Waals surface area contributed by atoms with Crippen LogP contribution in [0.4, 0.5) is 10.5 Å². The van der Waals surface area contributed by atoms with Gasteiger partial charge < -0.3 is 10.4 Å². The molecular formula is C16H20N2O3. The predicted octanol–water partition coefficient (Wildman–Crippen LogP) is 2.40. The third-order valence-corrected chi connectivity index (χ3v) is 4.50. The standard InChI is InChI=1S/C16H20N2O3/c1-10-6-7-12(8-10)17-16(21)18-13-5-3-2-4-11(13)9-14(18)15(19)20/h2-5,10,12,14H,6-9H2,1H3,(H,17,21)(H,19,20). The Labute approximate surface area is 123 Å². The first-order chi connectivity index (χ1) is 10.1. The second kappa shape index (κ2) is 5.39. The zero-order valence-electron chi connectivity index (χ0n) is 12.1. The molecule has 1 saturated carbocycles. The fourth-order valence-corrected chi connectivity index (χ4v) is 3.42. The highest BCUT2D eigenvalue weighted by Gasteiger charge is 2.39. The van der Waals surface area contributed by atoms with Gasteiger partial charge in [0.2, 0.25) is 0 Å². The average Bonchev–Trinajstić information content (AvgIpc) is 3.02. The molecular weight excluding hydrogens is 268 g/mol. The Hall–Kier alpha value is -2.04. The number of carboxylic acids is 1. The molecule has 2 N–H and O–H groups in total. The molecule has 0 saturated heterocycles. The minimum Gasteiger partial charge on any atom is -0.480 e. The van der Waals surface area contributed by atoms with Gasteiger partial charge in [-0.25, -0.2) is 9.59 Å². The molecule has 1 heterocycles. The van der Waals surface area contributed by atoms with E-state index in [0.29, 0.717) is 18.0 Å². The molecule has 0 spiro atoms. The van der Waals surface area contributed by atoms with E-state index in [9.17, 15) is 14.7 Å². The number of hydrogen-bond acceptors (Lipinski definition) is 2. The quantitative estimate of drug-likeness (QED) is 0.878. The SMILES string of the molecule is CC1CCC(NC(=O)N2c3ccccc3CC2C(=O)O)C1. The van der Waals surface area contributed by atoms with Crippen LogP contribution in [-0.4, -0.2) is 29.2 Å². The van der Waals surface area contributed by atoms with Crippen molar-refractivity contribution in [3.63, 3.8) is 0 Å². The van der Waals surface area contributed by atoms with E-state index in [1.54, 1.807) is 0 Å². The molecule has 0 bridgehead atoms. The second-order valence-corrected chi connectivity index (χ2v) is 6.12. The number of carbonyl (C=O) groups is 2. The molecule has 2 aliphatic rings. The fraction of sp³-hybridized carbons (Fsp3) is 0.500. The van der Waals surface area contributed by atoms with Gasteiger partial charge >= 0.3 is 12.0 Å². The maximum atomic E-state index is 12.5. The number of aliphatic carboxylic acids is 1. The molecule has 3 atom stereocenters. The highest BCUT2D eigenvalue weighted by Crippen LogP contribution is 2.33. The summed E-state index contributed by atoms with van der Waals surface area (Å²) in [5.74, 6) is -0.336. The summed E-state index contributed by atoms with van der Waals surface area (Å²) in [6, 6.07) is 6.48. The molecule has 1 aromatic rings. The molecule has 21 heavy (non-hydrogen) atoms. The third kappa shape index (κ3) is 2.60. The van der Waals surface area contributed by atoms with Gasteiger partial charge in [0, 0.05) is 18.2 Å². The minimum absolute atomic E-state index is 0.162. The average molecular weight is 288 g/mol. The van der Waals surface area contributed by atoms with E-state index in [4.69, 9.17) is 0 Å². The lowest BCUT2D eigenvalue weighted by atomic mass is 10.1. The van der Waals surface area contributed by atoms with E-state index < -0.39 is 12.0 Å². The van der Waals surface area contributed by atoms with Crippen molar-refractivity contribution in [2.45, 2.75) is 44.7 Å². The van der Waals surface area contributed by atoms with E-state index in [1.165, 1.54) is 4.90 Å². The molecule has 0 radical (unpaired) electrons. The van der Waals surface area contributed by atoms with Crippen molar-refractivity contribution in [1.29, 1.82) is 0 Å². The molecule has 5 heteroatoms. The Morgan fingerprint density at radius 3 is 2.71 bits per heavy atom. The molecule has 0 aromatic heterocycles. The van der Waals surface area contributed by atoms with E-state index in [2.05, 4.69) is 12.2 Å². The highest BCUT2D eigenvalue weighted by atomic mass is 16.4. The van der Waals surface area contributed by atoms with Crippen molar-refractivity contribution in [1.82, 2.24) is 5.32 Å². The number of nitrogens with one attached hydrogen (secondary N) is 1. The summed E-state index contributed by atoms with van der Waals surface area (Å²) in [7, 11) is 0. The Kier molecular flexibility index (Phi) is 3.57. The number of amides is 2.